The molecule has 0 unspecified atom stereocenters. The second-order valence-electron chi connectivity index (χ2n) is 2.20. The highest BCUT2D eigenvalue weighted by molar-refractivity contribution is 5.73. The second kappa shape index (κ2) is 3.20. The summed E-state index contributed by atoms with van der Waals surface area (Å²) in [6, 6.07) is 0. The Morgan fingerprint density at radius 2 is 2.50 bits per heavy atom. The lowest BCUT2D eigenvalue weighted by molar-refractivity contribution is 0.555. The van der Waals surface area contributed by atoms with E-state index in [4.69, 9.17) is 0 Å². The van der Waals surface area contributed by atoms with Crippen molar-refractivity contribution in [3.8, 4) is 0 Å². The average molecular weight is 136 g/mol. The van der Waals surface area contributed by atoms with Crippen molar-refractivity contribution in [3.63, 3.8) is 0 Å². The molecule has 0 aliphatic carbocycles. The van der Waals surface area contributed by atoms with E-state index in [1.165, 1.54) is 0 Å². The standard InChI is InChI=1S/C8H12N2/c1-3-5-8-9-6-4-7-10(8)2/h4-7H,3H2,1-2H3/b8-5-. The molecule has 0 saturated heterocycles. The molecule has 1 aliphatic rings. The molecule has 0 aromatic rings. The lowest BCUT2D eigenvalue weighted by Crippen LogP contribution is -2.11. The Labute approximate surface area is 61.6 Å². The number of nitrogens with zero attached hydrogens (tertiary/aromatic N) is 2. The van der Waals surface area contributed by atoms with Gasteiger partial charge in [0.1, 0.15) is 5.82 Å². The van der Waals surface area contributed by atoms with Crippen molar-refractivity contribution in [2.45, 2.75) is 13.3 Å². The molecule has 1 aliphatic heterocycles. The molecule has 0 bridgehead atoms. The van der Waals surface area contributed by atoms with Crippen molar-refractivity contribution in [2.24, 2.45) is 4.99 Å². The van der Waals surface area contributed by atoms with Crippen LogP contribution < -0.4 is 0 Å². The van der Waals surface area contributed by atoms with Gasteiger partial charge in [0.25, 0.3) is 0 Å². The minimum Gasteiger partial charge on any atom is -0.336 e. The Morgan fingerprint density at radius 1 is 1.70 bits per heavy atom. The molecule has 54 valence electrons. The first-order valence-electron chi connectivity index (χ1n) is 3.48. The summed E-state index contributed by atoms with van der Waals surface area (Å²) >= 11 is 0. The first kappa shape index (κ1) is 7.06. The summed E-state index contributed by atoms with van der Waals surface area (Å²) in [5.41, 5.74) is 0. The maximum absolute atomic E-state index is 4.18. The van der Waals surface area contributed by atoms with Crippen LogP contribution in [-0.2, 0) is 0 Å². The summed E-state index contributed by atoms with van der Waals surface area (Å²) in [6.45, 7) is 2.11. The van der Waals surface area contributed by atoms with Crippen molar-refractivity contribution in [1.82, 2.24) is 4.90 Å². The molecule has 0 aromatic heterocycles. The van der Waals surface area contributed by atoms with E-state index in [2.05, 4.69) is 18.0 Å². The van der Waals surface area contributed by atoms with Gasteiger partial charge in [0.05, 0.1) is 0 Å². The van der Waals surface area contributed by atoms with Gasteiger partial charge in [-0.2, -0.15) is 0 Å². The molecule has 0 N–H and O–H groups in total. The van der Waals surface area contributed by atoms with Gasteiger partial charge in [0.2, 0.25) is 0 Å². The Hall–Kier alpha value is -1.05. The second-order valence-corrected chi connectivity index (χ2v) is 2.20. The van der Waals surface area contributed by atoms with E-state index in [-0.39, 0.29) is 0 Å². The fraction of sp³-hybridized carbons (Fsp3) is 0.375. The topological polar surface area (TPSA) is 15.6 Å². The lowest BCUT2D eigenvalue weighted by Gasteiger charge is -2.16. The molecule has 0 radical (unpaired) electrons. The van der Waals surface area contributed by atoms with Gasteiger partial charge < -0.3 is 4.90 Å². The van der Waals surface area contributed by atoms with E-state index in [0.717, 1.165) is 12.2 Å². The predicted octanol–water partition coefficient (Wildman–Crippen LogP) is 1.77. The highest BCUT2D eigenvalue weighted by atomic mass is 15.2. The highest BCUT2D eigenvalue weighted by Crippen LogP contribution is 2.07. The van der Waals surface area contributed by atoms with E-state index in [0.29, 0.717) is 0 Å². The van der Waals surface area contributed by atoms with Crippen LogP contribution in [0.15, 0.2) is 29.2 Å². The Kier molecular flexibility index (Phi) is 2.26. The van der Waals surface area contributed by atoms with Crippen molar-refractivity contribution in [3.05, 3.63) is 24.2 Å². The van der Waals surface area contributed by atoms with Crippen molar-refractivity contribution < 1.29 is 0 Å². The normalized spacial score (nSPS) is 20.6. The average Bonchev–Trinajstić information content (AvgIpc) is 1.94. The molecule has 0 saturated carbocycles. The summed E-state index contributed by atoms with van der Waals surface area (Å²) in [6.07, 6.45) is 8.86. The molecule has 0 aromatic carbocycles. The number of hydrogen-bond donors (Lipinski definition) is 0. The predicted molar refractivity (Wildman–Crippen MR) is 43.8 cm³/mol. The Balaban J connectivity index is 2.70. The van der Waals surface area contributed by atoms with Crippen molar-refractivity contribution >= 4 is 6.21 Å². The van der Waals surface area contributed by atoms with E-state index in [1.54, 1.807) is 0 Å². The third kappa shape index (κ3) is 1.47. The molecule has 0 fully saturated rings. The number of rotatable bonds is 1. The zero-order chi connectivity index (χ0) is 7.40. The van der Waals surface area contributed by atoms with Crippen LogP contribution in [0.4, 0.5) is 0 Å². The van der Waals surface area contributed by atoms with Crippen LogP contribution in [-0.4, -0.2) is 18.2 Å². The first-order valence-corrected chi connectivity index (χ1v) is 3.48. The van der Waals surface area contributed by atoms with Gasteiger partial charge in [-0.05, 0) is 18.6 Å². The molecule has 2 nitrogen and oxygen atoms in total. The fourth-order valence-electron chi connectivity index (χ4n) is 0.834. The molecular formula is C8H12N2. The minimum absolute atomic E-state index is 1.03. The number of aliphatic imine (C=N–C) groups is 1. The summed E-state index contributed by atoms with van der Waals surface area (Å²) in [5.74, 6) is 1.03. The third-order valence-electron chi connectivity index (χ3n) is 1.35. The van der Waals surface area contributed by atoms with Gasteiger partial charge in [-0.3, -0.25) is 0 Å². The molecular weight excluding hydrogens is 124 g/mol. The van der Waals surface area contributed by atoms with Crippen LogP contribution in [0.1, 0.15) is 13.3 Å². The SMILES string of the molecule is CC/C=C1/N=CC=CN1C. The number of allylic oxidation sites excluding steroid dienone is 2. The maximum Gasteiger partial charge on any atom is 0.128 e. The van der Waals surface area contributed by atoms with Gasteiger partial charge in [-0.1, -0.05) is 6.92 Å². The third-order valence-corrected chi connectivity index (χ3v) is 1.35. The largest absolute Gasteiger partial charge is 0.336 e. The van der Waals surface area contributed by atoms with Crippen LogP contribution >= 0.6 is 0 Å². The summed E-state index contributed by atoms with van der Waals surface area (Å²) in [7, 11) is 1.99. The van der Waals surface area contributed by atoms with Gasteiger partial charge in [-0.25, -0.2) is 4.99 Å². The van der Waals surface area contributed by atoms with E-state index < -0.39 is 0 Å². The highest BCUT2D eigenvalue weighted by Gasteiger charge is 1.98. The smallest absolute Gasteiger partial charge is 0.128 e. The molecule has 10 heavy (non-hydrogen) atoms. The van der Waals surface area contributed by atoms with Crippen molar-refractivity contribution in [2.75, 3.05) is 7.05 Å². The summed E-state index contributed by atoms with van der Waals surface area (Å²) in [4.78, 5) is 6.18. The minimum atomic E-state index is 1.03. The van der Waals surface area contributed by atoms with Crippen LogP contribution in [0.3, 0.4) is 0 Å². The Bertz CT molecular complexity index is 189. The zero-order valence-corrected chi connectivity index (χ0v) is 6.41. The Morgan fingerprint density at radius 3 is 3.10 bits per heavy atom. The monoisotopic (exact) mass is 136 g/mol. The molecule has 1 rings (SSSR count). The van der Waals surface area contributed by atoms with Crippen LogP contribution in [0.2, 0.25) is 0 Å². The van der Waals surface area contributed by atoms with Crippen LogP contribution in [0, 0.1) is 0 Å². The van der Waals surface area contributed by atoms with Crippen molar-refractivity contribution in [1.29, 1.82) is 0 Å². The fourth-order valence-corrected chi connectivity index (χ4v) is 0.834. The van der Waals surface area contributed by atoms with E-state index >= 15 is 0 Å². The molecule has 0 amide bonds. The van der Waals surface area contributed by atoms with Gasteiger partial charge in [0, 0.05) is 19.5 Å². The van der Waals surface area contributed by atoms with Crippen LogP contribution in [0.25, 0.3) is 0 Å². The van der Waals surface area contributed by atoms with Gasteiger partial charge in [0.15, 0.2) is 0 Å². The molecule has 0 atom stereocenters. The summed E-state index contributed by atoms with van der Waals surface area (Å²) in [5, 5.41) is 0. The quantitative estimate of drug-likeness (QED) is 0.536. The van der Waals surface area contributed by atoms with Crippen LogP contribution in [0.5, 0.6) is 0 Å². The first-order chi connectivity index (χ1) is 4.84. The number of hydrogen-bond acceptors (Lipinski definition) is 2. The zero-order valence-electron chi connectivity index (χ0n) is 6.41. The van der Waals surface area contributed by atoms with E-state index in [1.807, 2.05) is 30.4 Å². The van der Waals surface area contributed by atoms with Gasteiger partial charge >= 0.3 is 0 Å². The molecule has 1 heterocycles. The maximum atomic E-state index is 4.18. The molecule has 2 heteroatoms. The van der Waals surface area contributed by atoms with Gasteiger partial charge in [-0.15, -0.1) is 0 Å². The summed E-state index contributed by atoms with van der Waals surface area (Å²) < 4.78 is 0. The lowest BCUT2D eigenvalue weighted by atomic mass is 10.4. The molecule has 0 spiro atoms. The van der Waals surface area contributed by atoms with E-state index in [9.17, 15) is 0 Å².